The van der Waals surface area contributed by atoms with E-state index in [0.717, 1.165) is 17.0 Å². The predicted molar refractivity (Wildman–Crippen MR) is 68.4 cm³/mol. The molecule has 1 atom stereocenters. The van der Waals surface area contributed by atoms with E-state index in [0.29, 0.717) is 13.0 Å². The number of amides is 1. The van der Waals surface area contributed by atoms with Gasteiger partial charge in [0.1, 0.15) is 5.75 Å². The highest BCUT2D eigenvalue weighted by molar-refractivity contribution is 5.97. The Labute approximate surface area is 102 Å². The lowest BCUT2D eigenvalue weighted by molar-refractivity contribution is -0.117. The van der Waals surface area contributed by atoms with Crippen LogP contribution in [-0.2, 0) is 4.79 Å². The Morgan fingerprint density at radius 3 is 2.88 bits per heavy atom. The van der Waals surface area contributed by atoms with Crippen molar-refractivity contribution in [2.75, 3.05) is 18.6 Å². The SMILES string of the molecule is C=CC1CC(=O)N(c2cc(C)ccc2OC)C1. The minimum Gasteiger partial charge on any atom is -0.495 e. The van der Waals surface area contributed by atoms with Crippen molar-refractivity contribution in [1.29, 1.82) is 0 Å². The van der Waals surface area contributed by atoms with Crippen molar-refractivity contribution in [1.82, 2.24) is 0 Å². The zero-order valence-electron chi connectivity index (χ0n) is 10.3. The van der Waals surface area contributed by atoms with Crippen molar-refractivity contribution < 1.29 is 9.53 Å². The molecule has 3 heteroatoms. The molecule has 0 bridgehead atoms. The fraction of sp³-hybridized carbons (Fsp3) is 0.357. The number of ether oxygens (including phenoxy) is 1. The number of benzene rings is 1. The standard InChI is InChI=1S/C14H17NO2/c1-4-11-8-14(16)15(9-11)12-7-10(2)5-6-13(12)17-3/h4-7,11H,1,8-9H2,2-3H3. The first-order valence-corrected chi connectivity index (χ1v) is 5.73. The number of nitrogens with zero attached hydrogens (tertiary/aromatic N) is 1. The summed E-state index contributed by atoms with van der Waals surface area (Å²) in [5.74, 6) is 1.13. The van der Waals surface area contributed by atoms with Crippen LogP contribution in [0, 0.1) is 12.8 Å². The molecule has 0 aliphatic carbocycles. The van der Waals surface area contributed by atoms with Crippen LogP contribution in [0.15, 0.2) is 30.9 Å². The van der Waals surface area contributed by atoms with E-state index < -0.39 is 0 Å². The van der Waals surface area contributed by atoms with Crippen LogP contribution < -0.4 is 9.64 Å². The van der Waals surface area contributed by atoms with Gasteiger partial charge in [-0.05, 0) is 24.6 Å². The highest BCUT2D eigenvalue weighted by Gasteiger charge is 2.30. The van der Waals surface area contributed by atoms with Crippen LogP contribution in [0.1, 0.15) is 12.0 Å². The van der Waals surface area contributed by atoms with Crippen LogP contribution in [0.25, 0.3) is 0 Å². The molecule has 3 nitrogen and oxygen atoms in total. The van der Waals surface area contributed by atoms with E-state index in [1.54, 1.807) is 12.0 Å². The molecule has 0 aromatic heterocycles. The second kappa shape index (κ2) is 4.62. The lowest BCUT2D eigenvalue weighted by Crippen LogP contribution is -2.24. The Balaban J connectivity index is 2.36. The number of carbonyl (C=O) groups excluding carboxylic acids is 1. The second-order valence-electron chi connectivity index (χ2n) is 4.38. The molecule has 1 unspecified atom stereocenters. The largest absolute Gasteiger partial charge is 0.495 e. The Hall–Kier alpha value is -1.77. The van der Waals surface area contributed by atoms with E-state index in [1.165, 1.54) is 0 Å². The average molecular weight is 231 g/mol. The summed E-state index contributed by atoms with van der Waals surface area (Å²) in [6.07, 6.45) is 2.39. The van der Waals surface area contributed by atoms with Crippen LogP contribution >= 0.6 is 0 Å². The Kier molecular flexibility index (Phi) is 3.18. The number of hydrogen-bond acceptors (Lipinski definition) is 2. The topological polar surface area (TPSA) is 29.5 Å². The van der Waals surface area contributed by atoms with Gasteiger partial charge in [0.2, 0.25) is 5.91 Å². The van der Waals surface area contributed by atoms with Crippen molar-refractivity contribution in [3.05, 3.63) is 36.4 Å². The summed E-state index contributed by atoms with van der Waals surface area (Å²) in [6, 6.07) is 5.87. The maximum atomic E-state index is 11.9. The van der Waals surface area contributed by atoms with Crippen LogP contribution in [0.5, 0.6) is 5.75 Å². The van der Waals surface area contributed by atoms with Gasteiger partial charge in [0.15, 0.2) is 0 Å². The van der Waals surface area contributed by atoms with E-state index in [9.17, 15) is 4.79 Å². The van der Waals surface area contributed by atoms with Gasteiger partial charge in [-0.2, -0.15) is 0 Å². The van der Waals surface area contributed by atoms with Crippen molar-refractivity contribution in [2.45, 2.75) is 13.3 Å². The third kappa shape index (κ3) is 2.18. The van der Waals surface area contributed by atoms with Crippen molar-refractivity contribution in [2.24, 2.45) is 5.92 Å². The first kappa shape index (κ1) is 11.7. The van der Waals surface area contributed by atoms with Gasteiger partial charge in [-0.15, -0.1) is 6.58 Å². The number of aryl methyl sites for hydroxylation is 1. The number of anilines is 1. The number of methoxy groups -OCH3 is 1. The van der Waals surface area contributed by atoms with E-state index in [-0.39, 0.29) is 11.8 Å². The molecule has 1 heterocycles. The molecule has 2 rings (SSSR count). The van der Waals surface area contributed by atoms with E-state index in [2.05, 4.69) is 6.58 Å². The summed E-state index contributed by atoms with van der Waals surface area (Å²) in [6.45, 7) is 6.46. The zero-order chi connectivity index (χ0) is 12.4. The molecule has 0 saturated carbocycles. The fourth-order valence-electron chi connectivity index (χ4n) is 2.14. The third-order valence-corrected chi connectivity index (χ3v) is 3.11. The van der Waals surface area contributed by atoms with Gasteiger partial charge < -0.3 is 9.64 Å². The molecule has 1 amide bonds. The molecular formula is C14H17NO2. The van der Waals surface area contributed by atoms with E-state index in [1.807, 2.05) is 31.2 Å². The van der Waals surface area contributed by atoms with Gasteiger partial charge in [0.05, 0.1) is 12.8 Å². The Morgan fingerprint density at radius 2 is 2.29 bits per heavy atom. The molecule has 90 valence electrons. The first-order valence-electron chi connectivity index (χ1n) is 5.73. The minimum absolute atomic E-state index is 0.138. The molecule has 0 N–H and O–H groups in total. The highest BCUT2D eigenvalue weighted by atomic mass is 16.5. The quantitative estimate of drug-likeness (QED) is 0.748. The van der Waals surface area contributed by atoms with Crippen molar-refractivity contribution in [3.63, 3.8) is 0 Å². The minimum atomic E-state index is 0.138. The second-order valence-corrected chi connectivity index (χ2v) is 4.38. The third-order valence-electron chi connectivity index (χ3n) is 3.11. The summed E-state index contributed by atoms with van der Waals surface area (Å²) in [7, 11) is 1.62. The Morgan fingerprint density at radius 1 is 1.53 bits per heavy atom. The molecule has 1 saturated heterocycles. The molecule has 1 aromatic rings. The number of hydrogen-bond donors (Lipinski definition) is 0. The predicted octanol–water partition coefficient (Wildman–Crippen LogP) is 2.54. The van der Waals surface area contributed by atoms with Crippen LogP contribution in [0.3, 0.4) is 0 Å². The van der Waals surface area contributed by atoms with Crippen molar-refractivity contribution in [3.8, 4) is 5.75 Å². The maximum absolute atomic E-state index is 11.9. The van der Waals surface area contributed by atoms with Crippen molar-refractivity contribution >= 4 is 11.6 Å². The lowest BCUT2D eigenvalue weighted by Gasteiger charge is -2.19. The summed E-state index contributed by atoms with van der Waals surface area (Å²) in [5.41, 5.74) is 1.98. The van der Waals surface area contributed by atoms with Gasteiger partial charge >= 0.3 is 0 Å². The number of carbonyl (C=O) groups is 1. The fourth-order valence-corrected chi connectivity index (χ4v) is 2.14. The average Bonchev–Trinajstić information content (AvgIpc) is 2.70. The molecule has 1 aliphatic rings. The van der Waals surface area contributed by atoms with Gasteiger partial charge in [-0.25, -0.2) is 0 Å². The molecule has 0 radical (unpaired) electrons. The lowest BCUT2D eigenvalue weighted by atomic mass is 10.1. The van der Waals surface area contributed by atoms with Gasteiger partial charge in [-0.1, -0.05) is 12.1 Å². The molecule has 1 fully saturated rings. The summed E-state index contributed by atoms with van der Waals surface area (Å²) < 4.78 is 5.31. The number of rotatable bonds is 3. The van der Waals surface area contributed by atoms with Crippen LogP contribution in [0.4, 0.5) is 5.69 Å². The molecular weight excluding hydrogens is 214 g/mol. The van der Waals surface area contributed by atoms with Gasteiger partial charge in [0, 0.05) is 18.9 Å². The maximum Gasteiger partial charge on any atom is 0.227 e. The molecule has 17 heavy (non-hydrogen) atoms. The van der Waals surface area contributed by atoms with Crippen LogP contribution in [0.2, 0.25) is 0 Å². The summed E-state index contributed by atoms with van der Waals surface area (Å²) >= 11 is 0. The first-order chi connectivity index (χ1) is 8.15. The molecule has 0 spiro atoms. The van der Waals surface area contributed by atoms with Crippen LogP contribution in [-0.4, -0.2) is 19.6 Å². The summed E-state index contributed by atoms with van der Waals surface area (Å²) in [5, 5.41) is 0. The smallest absolute Gasteiger partial charge is 0.227 e. The Bertz CT molecular complexity index is 454. The monoisotopic (exact) mass is 231 g/mol. The summed E-state index contributed by atoms with van der Waals surface area (Å²) in [4.78, 5) is 13.7. The zero-order valence-corrected chi connectivity index (χ0v) is 10.3. The normalized spacial score (nSPS) is 19.5. The molecule has 1 aliphatic heterocycles. The van der Waals surface area contributed by atoms with E-state index >= 15 is 0 Å². The molecule has 1 aromatic carbocycles. The van der Waals surface area contributed by atoms with E-state index in [4.69, 9.17) is 4.74 Å². The van der Waals surface area contributed by atoms with Gasteiger partial charge in [0.25, 0.3) is 0 Å². The highest BCUT2D eigenvalue weighted by Crippen LogP contribution is 2.33. The van der Waals surface area contributed by atoms with Gasteiger partial charge in [-0.3, -0.25) is 4.79 Å².